The van der Waals surface area contributed by atoms with Crippen LogP contribution < -0.4 is 4.74 Å². The Balaban J connectivity index is 2.28. The van der Waals surface area contributed by atoms with Crippen molar-refractivity contribution in [1.29, 1.82) is 0 Å². The van der Waals surface area contributed by atoms with Crippen LogP contribution in [0.25, 0.3) is 0 Å². The van der Waals surface area contributed by atoms with Crippen molar-refractivity contribution in [2.24, 2.45) is 0 Å². The van der Waals surface area contributed by atoms with Crippen LogP contribution in [0.5, 0.6) is 5.75 Å². The number of carbonyl (C=O) groups excluding carboxylic acids is 1. The molecule has 0 aliphatic carbocycles. The minimum absolute atomic E-state index is 0.241. The number of carbonyl (C=O) groups is 1. The molecule has 0 spiro atoms. The molecule has 0 aliphatic heterocycles. The van der Waals surface area contributed by atoms with Crippen molar-refractivity contribution < 1.29 is 32.4 Å². The number of phosphoric acid groups is 1. The van der Waals surface area contributed by atoms with Crippen LogP contribution in [0.1, 0.15) is 37.0 Å². The Bertz CT molecular complexity index is 699. The summed E-state index contributed by atoms with van der Waals surface area (Å²) in [5.41, 5.74) is 0.437. The minimum Gasteiger partial charge on any atom is -0.494 e. The normalized spacial score (nSPS) is 11.1. The summed E-state index contributed by atoms with van der Waals surface area (Å²) in [6, 6.07) is 6.85. The summed E-state index contributed by atoms with van der Waals surface area (Å²) in [7, 11) is -0.339. The molecule has 0 fully saturated rings. The van der Waals surface area contributed by atoms with Gasteiger partial charge in [0.05, 0.1) is 37.7 Å². The Morgan fingerprint density at radius 1 is 1.07 bits per heavy atom. The van der Waals surface area contributed by atoms with E-state index >= 15 is 0 Å². The number of rotatable bonds is 17. The van der Waals surface area contributed by atoms with E-state index in [1.165, 1.54) is 0 Å². The lowest BCUT2D eigenvalue weighted by atomic mass is 10.2. The third kappa shape index (κ3) is 11.9. The van der Waals surface area contributed by atoms with E-state index in [9.17, 15) is 9.36 Å². The quantitative estimate of drug-likeness (QED) is 0.0989. The van der Waals surface area contributed by atoms with Gasteiger partial charge in [0.25, 0.3) is 0 Å². The van der Waals surface area contributed by atoms with E-state index in [2.05, 4.69) is 5.92 Å². The number of terminal acetylenes is 1. The zero-order valence-corrected chi connectivity index (χ0v) is 19.9. The molecule has 0 atom stereocenters. The smallest absolute Gasteiger partial charge is 0.474 e. The fourth-order valence-corrected chi connectivity index (χ4v) is 4.74. The molecule has 0 heterocycles. The second-order valence-corrected chi connectivity index (χ2v) is 9.88. The number of benzene rings is 1. The minimum atomic E-state index is -3.47. The molecule has 0 radical (unpaired) electrons. The van der Waals surface area contributed by atoms with E-state index in [-0.39, 0.29) is 25.8 Å². The van der Waals surface area contributed by atoms with Gasteiger partial charge in [0, 0.05) is 5.75 Å². The number of esters is 1. The van der Waals surface area contributed by atoms with Gasteiger partial charge in [-0.2, -0.15) is 0 Å². The van der Waals surface area contributed by atoms with Crippen LogP contribution in [0, 0.1) is 12.3 Å². The summed E-state index contributed by atoms with van der Waals surface area (Å²) in [5.74, 6) is 4.03. The van der Waals surface area contributed by atoms with Crippen LogP contribution in [0.3, 0.4) is 0 Å². The molecule has 0 amide bonds. The molecule has 0 aliphatic rings. The average Bonchev–Trinajstić information content (AvgIpc) is 2.73. The van der Waals surface area contributed by atoms with Gasteiger partial charge in [0.2, 0.25) is 0 Å². The maximum absolute atomic E-state index is 12.2. The topological polar surface area (TPSA) is 80.3 Å². The number of hydrogen-bond donors (Lipinski definition) is 0. The first-order valence-electron chi connectivity index (χ1n) is 9.66. The summed E-state index contributed by atoms with van der Waals surface area (Å²) >= 11 is 0. The summed E-state index contributed by atoms with van der Waals surface area (Å²) < 4.78 is 38.5. The molecular weight excluding hydrogens is 447 g/mol. The summed E-state index contributed by atoms with van der Waals surface area (Å²) in [6.07, 6.45) is 6.48. The molecule has 1 aromatic rings. The van der Waals surface area contributed by atoms with E-state index in [1.54, 1.807) is 59.7 Å². The monoisotopic (exact) mass is 476 g/mol. The standard InChI is InChI=1S/C20H29O7PS2/c1-4-15-29-30-16-14-24-20(21)18-10-9-11-19(17-18)23-12-7-8-13-27-28(22,25-5-2)26-6-3/h1,9-11,17H,5-8,12-16H2,2-3H3. The maximum Gasteiger partial charge on any atom is 0.474 e. The number of phosphoric ester groups is 1. The molecule has 168 valence electrons. The van der Waals surface area contributed by atoms with Crippen molar-refractivity contribution in [2.45, 2.75) is 26.7 Å². The Labute approximate surface area is 186 Å². The Morgan fingerprint density at radius 2 is 1.80 bits per heavy atom. The zero-order valence-electron chi connectivity index (χ0n) is 17.4. The predicted molar refractivity (Wildman–Crippen MR) is 122 cm³/mol. The molecule has 0 N–H and O–H groups in total. The third-order valence-electron chi connectivity index (χ3n) is 3.33. The third-order valence-corrected chi connectivity index (χ3v) is 7.11. The average molecular weight is 477 g/mol. The van der Waals surface area contributed by atoms with Crippen molar-refractivity contribution >= 4 is 35.4 Å². The molecule has 0 saturated heterocycles. The molecule has 1 aromatic carbocycles. The van der Waals surface area contributed by atoms with Crippen LogP contribution in [-0.2, 0) is 22.9 Å². The molecule has 0 aromatic heterocycles. The molecule has 0 bridgehead atoms. The zero-order chi connectivity index (χ0) is 22.1. The van der Waals surface area contributed by atoms with Gasteiger partial charge >= 0.3 is 13.8 Å². The van der Waals surface area contributed by atoms with Gasteiger partial charge in [0.1, 0.15) is 12.4 Å². The van der Waals surface area contributed by atoms with Crippen LogP contribution in [0.15, 0.2) is 24.3 Å². The van der Waals surface area contributed by atoms with E-state index in [4.69, 9.17) is 29.5 Å². The van der Waals surface area contributed by atoms with Crippen LogP contribution >= 0.6 is 29.4 Å². The Kier molecular flexibility index (Phi) is 14.8. The van der Waals surface area contributed by atoms with E-state index in [0.717, 1.165) is 0 Å². The highest BCUT2D eigenvalue weighted by Gasteiger charge is 2.24. The second-order valence-electron chi connectivity index (χ2n) is 5.62. The van der Waals surface area contributed by atoms with Gasteiger partial charge in [-0.05, 0) is 44.9 Å². The molecule has 1 rings (SSSR count). The van der Waals surface area contributed by atoms with E-state index < -0.39 is 7.82 Å². The molecular formula is C20H29O7PS2. The van der Waals surface area contributed by atoms with Gasteiger partial charge in [0.15, 0.2) is 0 Å². The van der Waals surface area contributed by atoms with Crippen LogP contribution in [-0.4, -0.2) is 50.5 Å². The summed E-state index contributed by atoms with van der Waals surface area (Å²) in [4.78, 5) is 12.1. The van der Waals surface area contributed by atoms with Gasteiger partial charge in [-0.15, -0.1) is 6.42 Å². The number of unbranched alkanes of at least 4 members (excludes halogenated alkanes) is 1. The van der Waals surface area contributed by atoms with E-state index in [0.29, 0.717) is 48.9 Å². The van der Waals surface area contributed by atoms with Crippen LogP contribution in [0.2, 0.25) is 0 Å². The van der Waals surface area contributed by atoms with Crippen LogP contribution in [0.4, 0.5) is 0 Å². The summed E-state index contributed by atoms with van der Waals surface area (Å²) in [5, 5.41) is 0. The number of hydrogen-bond acceptors (Lipinski definition) is 9. The van der Waals surface area contributed by atoms with Crippen molar-refractivity contribution in [3.05, 3.63) is 29.8 Å². The number of ether oxygens (including phenoxy) is 2. The van der Waals surface area contributed by atoms with Gasteiger partial charge < -0.3 is 9.47 Å². The SMILES string of the molecule is C#CCSSCCOC(=O)c1cccc(OCCCCOP(=O)(OCC)OCC)c1. The molecule has 30 heavy (non-hydrogen) atoms. The molecule has 7 nitrogen and oxygen atoms in total. The van der Waals surface area contributed by atoms with Gasteiger partial charge in [-0.1, -0.05) is 33.6 Å². The largest absolute Gasteiger partial charge is 0.494 e. The lowest BCUT2D eigenvalue weighted by Crippen LogP contribution is -2.08. The van der Waals surface area contributed by atoms with Crippen molar-refractivity contribution in [3.8, 4) is 18.1 Å². The Hall–Kier alpha value is -1.14. The second kappa shape index (κ2) is 16.5. The van der Waals surface area contributed by atoms with Gasteiger partial charge in [-0.25, -0.2) is 9.36 Å². The van der Waals surface area contributed by atoms with Crippen molar-refractivity contribution in [2.75, 3.05) is 44.5 Å². The fraction of sp³-hybridized carbons (Fsp3) is 0.550. The van der Waals surface area contributed by atoms with Crippen molar-refractivity contribution in [3.63, 3.8) is 0 Å². The first-order chi connectivity index (χ1) is 14.5. The highest BCUT2D eigenvalue weighted by Crippen LogP contribution is 2.49. The highest BCUT2D eigenvalue weighted by atomic mass is 33.1. The highest BCUT2D eigenvalue weighted by molar-refractivity contribution is 8.76. The predicted octanol–water partition coefficient (Wildman–Crippen LogP) is 5.21. The molecule has 10 heteroatoms. The van der Waals surface area contributed by atoms with Gasteiger partial charge in [-0.3, -0.25) is 13.6 Å². The lowest BCUT2D eigenvalue weighted by Gasteiger charge is -2.16. The first kappa shape index (κ1) is 26.9. The lowest BCUT2D eigenvalue weighted by molar-refractivity contribution is 0.0530. The molecule has 0 saturated carbocycles. The van der Waals surface area contributed by atoms with E-state index in [1.807, 2.05) is 0 Å². The summed E-state index contributed by atoms with van der Waals surface area (Å²) in [6.45, 7) is 4.95. The Morgan fingerprint density at radius 3 is 2.50 bits per heavy atom. The first-order valence-corrected chi connectivity index (χ1v) is 13.6. The maximum atomic E-state index is 12.2. The fourth-order valence-electron chi connectivity index (χ4n) is 2.10. The van der Waals surface area contributed by atoms with Crippen molar-refractivity contribution in [1.82, 2.24) is 0 Å². The molecule has 0 unspecified atom stereocenters.